The Kier molecular flexibility index (Phi) is 3.36. The maximum Gasteiger partial charge on any atom is 0.313 e. The van der Waals surface area contributed by atoms with Gasteiger partial charge in [-0.3, -0.25) is 9.59 Å². The van der Waals surface area contributed by atoms with Crippen LogP contribution in [-0.2, 0) is 19.1 Å². The van der Waals surface area contributed by atoms with Gasteiger partial charge in [-0.1, -0.05) is 13.3 Å². The van der Waals surface area contributed by atoms with Crippen molar-refractivity contribution in [3.63, 3.8) is 0 Å². The highest BCUT2D eigenvalue weighted by molar-refractivity contribution is 5.82. The van der Waals surface area contributed by atoms with E-state index in [2.05, 4.69) is 6.92 Å². The zero-order valence-corrected chi connectivity index (χ0v) is 14.8. The first-order chi connectivity index (χ1) is 12.5. The number of carbonyl (C=O) groups excluding carboxylic acids is 2. The van der Waals surface area contributed by atoms with E-state index >= 15 is 0 Å². The van der Waals surface area contributed by atoms with Crippen molar-refractivity contribution < 1.29 is 28.6 Å². The first-order valence-corrected chi connectivity index (χ1v) is 9.58. The SMILES string of the molecule is C[C@@H]1C[C@@H]2OC(=O)[C@@H]3CCC[C@@H]([C@@]14C[C@@H](c1ccoc1)OC4=O)[C@]23CO. The summed E-state index contributed by atoms with van der Waals surface area (Å²) < 4.78 is 16.7. The van der Waals surface area contributed by atoms with Gasteiger partial charge in [-0.2, -0.15) is 0 Å². The molecule has 1 N–H and O–H groups in total. The molecule has 1 aromatic rings. The minimum atomic E-state index is -0.673. The number of aliphatic hydroxyl groups excluding tert-OH is 1. The van der Waals surface area contributed by atoms with Gasteiger partial charge in [-0.05, 0) is 37.2 Å². The molecule has 0 radical (unpaired) electrons. The van der Waals surface area contributed by atoms with E-state index in [-0.39, 0.29) is 48.5 Å². The molecule has 1 aromatic heterocycles. The van der Waals surface area contributed by atoms with Crippen LogP contribution in [0.15, 0.2) is 23.0 Å². The Balaban J connectivity index is 1.61. The molecule has 2 saturated carbocycles. The molecule has 2 aliphatic carbocycles. The topological polar surface area (TPSA) is 86.0 Å². The number of esters is 2. The second kappa shape index (κ2) is 5.35. The summed E-state index contributed by atoms with van der Waals surface area (Å²) in [4.78, 5) is 25.7. The Morgan fingerprint density at radius 1 is 1.27 bits per heavy atom. The van der Waals surface area contributed by atoms with E-state index < -0.39 is 10.8 Å². The molecule has 26 heavy (non-hydrogen) atoms. The number of aliphatic hydroxyl groups is 1. The van der Waals surface area contributed by atoms with Crippen molar-refractivity contribution in [2.75, 3.05) is 6.61 Å². The molecule has 2 aliphatic heterocycles. The van der Waals surface area contributed by atoms with Gasteiger partial charge in [0.25, 0.3) is 0 Å². The first-order valence-electron chi connectivity index (χ1n) is 9.58. The van der Waals surface area contributed by atoms with Crippen LogP contribution in [0.2, 0.25) is 0 Å². The molecule has 7 atom stereocenters. The number of fused-ring (bicyclic) bond motifs is 1. The number of hydrogen-bond acceptors (Lipinski definition) is 6. The second-order valence-electron chi connectivity index (χ2n) is 8.56. The van der Waals surface area contributed by atoms with Crippen molar-refractivity contribution in [1.29, 1.82) is 0 Å². The van der Waals surface area contributed by atoms with Gasteiger partial charge in [0.1, 0.15) is 12.2 Å². The van der Waals surface area contributed by atoms with Gasteiger partial charge < -0.3 is 19.0 Å². The third kappa shape index (κ3) is 1.76. The fourth-order valence-electron chi connectivity index (χ4n) is 6.63. The molecule has 6 nitrogen and oxygen atoms in total. The summed E-state index contributed by atoms with van der Waals surface area (Å²) >= 11 is 0. The Labute approximate surface area is 151 Å². The normalized spacial score (nSPS) is 46.9. The van der Waals surface area contributed by atoms with Gasteiger partial charge in [-0.15, -0.1) is 0 Å². The molecule has 1 spiro atoms. The average Bonchev–Trinajstić information content (AvgIpc) is 3.33. The number of ether oxygens (including phenoxy) is 2. The smallest absolute Gasteiger partial charge is 0.313 e. The van der Waals surface area contributed by atoms with Crippen LogP contribution in [0.5, 0.6) is 0 Å². The molecule has 6 heteroatoms. The van der Waals surface area contributed by atoms with E-state index in [0.29, 0.717) is 12.8 Å². The van der Waals surface area contributed by atoms with Crippen molar-refractivity contribution >= 4 is 11.9 Å². The fourth-order valence-corrected chi connectivity index (χ4v) is 6.63. The molecule has 3 heterocycles. The monoisotopic (exact) mass is 360 g/mol. The average molecular weight is 360 g/mol. The van der Waals surface area contributed by atoms with Crippen LogP contribution in [0.1, 0.15) is 50.7 Å². The maximum atomic E-state index is 13.2. The van der Waals surface area contributed by atoms with Gasteiger partial charge in [0, 0.05) is 17.4 Å². The Morgan fingerprint density at radius 3 is 2.85 bits per heavy atom. The number of cyclic esters (lactones) is 1. The summed E-state index contributed by atoms with van der Waals surface area (Å²) in [5, 5.41) is 10.4. The Morgan fingerprint density at radius 2 is 2.12 bits per heavy atom. The highest BCUT2D eigenvalue weighted by atomic mass is 16.6. The first kappa shape index (κ1) is 16.4. The molecule has 5 rings (SSSR count). The van der Waals surface area contributed by atoms with Gasteiger partial charge in [-0.25, -0.2) is 0 Å². The molecule has 0 aromatic carbocycles. The molecule has 0 unspecified atom stereocenters. The van der Waals surface area contributed by atoms with Crippen molar-refractivity contribution in [2.24, 2.45) is 28.6 Å². The molecule has 4 fully saturated rings. The minimum Gasteiger partial charge on any atom is -0.472 e. The maximum absolute atomic E-state index is 13.2. The van der Waals surface area contributed by atoms with Gasteiger partial charge in [0.2, 0.25) is 0 Å². The van der Waals surface area contributed by atoms with Crippen LogP contribution in [-0.4, -0.2) is 29.8 Å². The van der Waals surface area contributed by atoms with E-state index in [1.54, 1.807) is 12.5 Å². The Bertz CT molecular complexity index is 741. The molecular formula is C20H24O6. The largest absolute Gasteiger partial charge is 0.472 e. The van der Waals surface area contributed by atoms with Crippen LogP contribution >= 0.6 is 0 Å². The van der Waals surface area contributed by atoms with Crippen molar-refractivity contribution in [3.05, 3.63) is 24.2 Å². The van der Waals surface area contributed by atoms with Gasteiger partial charge in [0.05, 0.1) is 30.5 Å². The van der Waals surface area contributed by atoms with E-state index in [0.717, 1.165) is 24.8 Å². The van der Waals surface area contributed by atoms with Gasteiger partial charge in [0.15, 0.2) is 0 Å². The number of rotatable bonds is 2. The second-order valence-corrected chi connectivity index (χ2v) is 8.56. The molecule has 2 saturated heterocycles. The summed E-state index contributed by atoms with van der Waals surface area (Å²) in [7, 11) is 0. The quantitative estimate of drug-likeness (QED) is 0.816. The third-order valence-corrected chi connectivity index (χ3v) is 7.84. The highest BCUT2D eigenvalue weighted by Gasteiger charge is 2.73. The van der Waals surface area contributed by atoms with Crippen LogP contribution in [0, 0.1) is 28.6 Å². The van der Waals surface area contributed by atoms with Crippen molar-refractivity contribution in [3.8, 4) is 0 Å². The lowest BCUT2D eigenvalue weighted by molar-refractivity contribution is -0.184. The number of furan rings is 1. The summed E-state index contributed by atoms with van der Waals surface area (Å²) in [6, 6.07) is 1.83. The fraction of sp³-hybridized carbons (Fsp3) is 0.700. The molecule has 140 valence electrons. The number of hydrogen-bond donors (Lipinski definition) is 1. The zero-order chi connectivity index (χ0) is 18.1. The predicted octanol–water partition coefficient (Wildman–Crippen LogP) is 2.61. The van der Waals surface area contributed by atoms with Crippen LogP contribution in [0.3, 0.4) is 0 Å². The minimum absolute atomic E-state index is 0.0335. The summed E-state index contributed by atoms with van der Waals surface area (Å²) in [5.41, 5.74) is -0.450. The number of carbonyl (C=O) groups is 2. The summed E-state index contributed by atoms with van der Waals surface area (Å²) in [5.74, 6) is -0.751. The van der Waals surface area contributed by atoms with Gasteiger partial charge >= 0.3 is 11.9 Å². The van der Waals surface area contributed by atoms with Crippen LogP contribution in [0.4, 0.5) is 0 Å². The standard InChI is InChI=1S/C20H24O6/c1-11-7-16-20(10-21)13(17(22)26-16)3-2-4-15(20)19(11)8-14(25-18(19)23)12-5-6-24-9-12/h5-6,9,11,13-16,21H,2-4,7-8,10H2,1H3/t11-,13+,14+,15+,16+,19-,20-/m1/s1. The molecular weight excluding hydrogens is 336 g/mol. The zero-order valence-electron chi connectivity index (χ0n) is 14.8. The molecule has 0 amide bonds. The lowest BCUT2D eigenvalue weighted by Crippen LogP contribution is -2.62. The van der Waals surface area contributed by atoms with Crippen LogP contribution < -0.4 is 0 Å². The molecule has 4 aliphatic rings. The van der Waals surface area contributed by atoms with E-state index in [1.807, 2.05) is 6.07 Å². The van der Waals surface area contributed by atoms with Crippen LogP contribution in [0.25, 0.3) is 0 Å². The van der Waals surface area contributed by atoms with E-state index in [4.69, 9.17) is 13.9 Å². The summed E-state index contributed by atoms with van der Waals surface area (Å²) in [6.07, 6.45) is 6.20. The van der Waals surface area contributed by atoms with E-state index in [9.17, 15) is 14.7 Å². The molecule has 0 bridgehead atoms. The van der Waals surface area contributed by atoms with Crippen molar-refractivity contribution in [1.82, 2.24) is 0 Å². The Hall–Kier alpha value is -1.82. The summed E-state index contributed by atoms with van der Waals surface area (Å²) in [6.45, 7) is 1.95. The predicted molar refractivity (Wildman–Crippen MR) is 88.6 cm³/mol. The highest BCUT2D eigenvalue weighted by Crippen LogP contribution is 2.69. The van der Waals surface area contributed by atoms with E-state index in [1.165, 1.54) is 0 Å². The lowest BCUT2D eigenvalue weighted by Gasteiger charge is -2.57. The lowest BCUT2D eigenvalue weighted by atomic mass is 9.44. The van der Waals surface area contributed by atoms with Crippen molar-refractivity contribution in [2.45, 2.75) is 51.2 Å². The third-order valence-electron chi connectivity index (χ3n) is 7.84.